The van der Waals surface area contributed by atoms with Crippen LogP contribution in [0.2, 0.25) is 0 Å². The second-order valence-electron chi connectivity index (χ2n) is 12.3. The summed E-state index contributed by atoms with van der Waals surface area (Å²) in [5, 5.41) is 12.7. The van der Waals surface area contributed by atoms with Gasteiger partial charge >= 0.3 is 5.97 Å². The van der Waals surface area contributed by atoms with E-state index in [9.17, 15) is 27.9 Å². The zero-order chi connectivity index (χ0) is 35.6. The van der Waals surface area contributed by atoms with Gasteiger partial charge in [-0.05, 0) is 73.7 Å². The van der Waals surface area contributed by atoms with Gasteiger partial charge in [-0.3, -0.25) is 14.4 Å². The summed E-state index contributed by atoms with van der Waals surface area (Å²) in [4.78, 5) is 51.5. The molecular weight excluding hydrogens is 657 g/mol. The van der Waals surface area contributed by atoms with Gasteiger partial charge in [0.2, 0.25) is 15.5 Å². The fraction of sp³-hybridized carbons (Fsp3) is 0.216. The molecule has 0 spiro atoms. The van der Waals surface area contributed by atoms with Crippen molar-refractivity contribution < 1.29 is 23.1 Å². The molecule has 1 atom stereocenters. The Morgan fingerprint density at radius 1 is 0.960 bits per heavy atom. The highest BCUT2D eigenvalue weighted by Gasteiger charge is 2.29. The Kier molecular flexibility index (Phi) is 9.62. The second-order valence-corrected chi connectivity index (χ2v) is 14.0. The minimum atomic E-state index is -4.27. The number of sulfonamides is 1. The van der Waals surface area contributed by atoms with Crippen molar-refractivity contribution in [2.24, 2.45) is 0 Å². The highest BCUT2D eigenvalue weighted by Crippen LogP contribution is 2.22. The Balaban J connectivity index is 1.29. The van der Waals surface area contributed by atoms with Crippen molar-refractivity contribution in [3.63, 3.8) is 0 Å². The average molecular weight is 693 g/mol. The molecule has 6 aromatic rings. The van der Waals surface area contributed by atoms with Crippen LogP contribution in [0.1, 0.15) is 44.0 Å². The first-order valence-corrected chi connectivity index (χ1v) is 17.5. The van der Waals surface area contributed by atoms with E-state index in [1.54, 1.807) is 44.3 Å². The van der Waals surface area contributed by atoms with Gasteiger partial charge in [0.1, 0.15) is 17.4 Å². The minimum Gasteiger partial charge on any atom is -0.480 e. The van der Waals surface area contributed by atoms with Crippen LogP contribution < -0.4 is 15.5 Å². The largest absolute Gasteiger partial charge is 0.480 e. The van der Waals surface area contributed by atoms with E-state index in [0.29, 0.717) is 52.9 Å². The Hall–Kier alpha value is -5.66. The quantitative estimate of drug-likeness (QED) is 0.148. The summed E-state index contributed by atoms with van der Waals surface area (Å²) in [6.07, 6.45) is 4.21. The van der Waals surface area contributed by atoms with Crippen molar-refractivity contribution in [3.8, 4) is 0 Å². The molecule has 0 bridgehead atoms. The SMILES string of the molecule is Cc1cc(C)c(S(=O)(=O)NC(CNC(=O)c2cn(CCc3ccccc3)c3cc(Cc4nc5ncccc5[nH]4)ccc3c2=O)C(=O)O)c(C)c1. The molecule has 256 valence electrons. The lowest BCUT2D eigenvalue weighted by molar-refractivity contribution is -0.138. The number of nitrogens with one attached hydrogen (secondary N) is 3. The number of pyridine rings is 2. The number of imidazole rings is 1. The van der Waals surface area contributed by atoms with Gasteiger partial charge < -0.3 is 20.0 Å². The zero-order valence-electron chi connectivity index (χ0n) is 27.7. The van der Waals surface area contributed by atoms with E-state index in [2.05, 4.69) is 25.0 Å². The van der Waals surface area contributed by atoms with Gasteiger partial charge in [-0.15, -0.1) is 0 Å². The summed E-state index contributed by atoms with van der Waals surface area (Å²) < 4.78 is 30.6. The van der Waals surface area contributed by atoms with Gasteiger partial charge in [0.05, 0.1) is 15.9 Å². The molecule has 4 N–H and O–H groups in total. The molecular formula is C37H36N6O6S. The summed E-state index contributed by atoms with van der Waals surface area (Å²) in [6.45, 7) is 4.94. The lowest BCUT2D eigenvalue weighted by Crippen LogP contribution is -2.49. The number of amides is 1. The molecule has 0 saturated heterocycles. The number of benzene rings is 3. The summed E-state index contributed by atoms with van der Waals surface area (Å²) >= 11 is 0. The van der Waals surface area contributed by atoms with Crippen LogP contribution in [0.25, 0.3) is 22.1 Å². The normalized spacial score (nSPS) is 12.3. The monoisotopic (exact) mass is 692 g/mol. The highest BCUT2D eigenvalue weighted by atomic mass is 32.2. The van der Waals surface area contributed by atoms with E-state index < -0.39 is 39.9 Å². The fourth-order valence-electron chi connectivity index (χ4n) is 6.27. The van der Waals surface area contributed by atoms with E-state index >= 15 is 0 Å². The van der Waals surface area contributed by atoms with Gasteiger partial charge in [-0.1, -0.05) is 54.1 Å². The number of aromatic amines is 1. The predicted molar refractivity (Wildman–Crippen MR) is 190 cm³/mol. The second kappa shape index (κ2) is 14.1. The van der Waals surface area contributed by atoms with E-state index in [-0.39, 0.29) is 10.5 Å². The van der Waals surface area contributed by atoms with E-state index in [1.807, 2.05) is 60.0 Å². The molecule has 6 rings (SSSR count). The predicted octanol–water partition coefficient (Wildman–Crippen LogP) is 4.19. The van der Waals surface area contributed by atoms with Crippen LogP contribution in [0.5, 0.6) is 0 Å². The maximum absolute atomic E-state index is 13.7. The number of hydrogen-bond donors (Lipinski definition) is 4. The lowest BCUT2D eigenvalue weighted by atomic mass is 10.0. The highest BCUT2D eigenvalue weighted by molar-refractivity contribution is 7.89. The fourth-order valence-corrected chi connectivity index (χ4v) is 7.91. The first-order valence-electron chi connectivity index (χ1n) is 16.0. The summed E-state index contributed by atoms with van der Waals surface area (Å²) in [6, 6.07) is 20.6. The summed E-state index contributed by atoms with van der Waals surface area (Å²) in [5.41, 5.74) is 5.06. The van der Waals surface area contributed by atoms with Crippen LogP contribution in [0, 0.1) is 20.8 Å². The summed E-state index contributed by atoms with van der Waals surface area (Å²) in [5.74, 6) is -1.59. The van der Waals surface area contributed by atoms with Gasteiger partial charge in [-0.25, -0.2) is 18.4 Å². The number of carbonyl (C=O) groups excluding carboxylic acids is 1. The molecule has 0 saturated carbocycles. The van der Waals surface area contributed by atoms with E-state index in [4.69, 9.17) is 0 Å². The topological polar surface area (TPSA) is 176 Å². The maximum atomic E-state index is 13.7. The Morgan fingerprint density at radius 2 is 1.70 bits per heavy atom. The van der Waals surface area contributed by atoms with Gasteiger partial charge in [0, 0.05) is 37.3 Å². The van der Waals surface area contributed by atoms with Crippen LogP contribution in [0.4, 0.5) is 0 Å². The number of rotatable bonds is 12. The van der Waals surface area contributed by atoms with Crippen LogP contribution >= 0.6 is 0 Å². The van der Waals surface area contributed by atoms with Crippen molar-refractivity contribution in [2.75, 3.05) is 6.54 Å². The zero-order valence-corrected chi connectivity index (χ0v) is 28.5. The van der Waals surface area contributed by atoms with Gasteiger partial charge in [0.25, 0.3) is 5.91 Å². The third-order valence-electron chi connectivity index (χ3n) is 8.49. The molecule has 13 heteroatoms. The van der Waals surface area contributed by atoms with Crippen LogP contribution in [0.3, 0.4) is 0 Å². The standard InChI is InChI=1S/C37H36N6O6S/c1-22-16-23(2)34(24(3)17-22)50(48,49)42-30(37(46)47)20-39-36(45)28-21-43(15-13-25-8-5-4-6-9-25)31-18-26(11-12-27(31)33(28)44)19-32-40-29-10-7-14-38-35(29)41-32/h4-12,14,16-18,21,30,42H,13,15,19-20H2,1-3H3,(H,39,45)(H,46,47)(H,38,40,41). The number of hydrogen-bond acceptors (Lipinski definition) is 7. The molecule has 1 amide bonds. The number of carboxylic acid groups (broad SMARTS) is 1. The third-order valence-corrected chi connectivity index (χ3v) is 10.3. The first kappa shape index (κ1) is 34.2. The Labute approximate surface area is 288 Å². The third kappa shape index (κ3) is 7.33. The number of carboxylic acids is 1. The van der Waals surface area contributed by atoms with Gasteiger partial charge in [-0.2, -0.15) is 4.72 Å². The number of aromatic nitrogens is 4. The van der Waals surface area contributed by atoms with Crippen LogP contribution in [-0.4, -0.2) is 57.5 Å². The Morgan fingerprint density at radius 3 is 2.40 bits per heavy atom. The lowest BCUT2D eigenvalue weighted by Gasteiger charge is -2.19. The van der Waals surface area contributed by atoms with Crippen molar-refractivity contribution in [2.45, 2.75) is 51.1 Å². The molecule has 3 aromatic heterocycles. The van der Waals surface area contributed by atoms with Crippen molar-refractivity contribution >= 4 is 44.0 Å². The molecule has 50 heavy (non-hydrogen) atoms. The summed E-state index contributed by atoms with van der Waals surface area (Å²) in [7, 11) is -4.27. The molecule has 0 aliphatic rings. The van der Waals surface area contributed by atoms with Gasteiger partial charge in [0.15, 0.2) is 5.65 Å². The molecule has 0 fully saturated rings. The molecule has 0 aliphatic heterocycles. The number of aliphatic carboxylic acids is 1. The molecule has 3 aromatic carbocycles. The number of H-pyrrole nitrogens is 1. The minimum absolute atomic E-state index is 0.0205. The molecule has 3 heterocycles. The molecule has 1 unspecified atom stereocenters. The van der Waals surface area contributed by atoms with Crippen molar-refractivity contribution in [1.29, 1.82) is 0 Å². The number of fused-ring (bicyclic) bond motifs is 2. The number of nitrogens with zero attached hydrogens (tertiary/aromatic N) is 3. The number of aryl methyl sites for hydroxylation is 5. The first-order chi connectivity index (χ1) is 23.9. The van der Waals surface area contributed by atoms with Crippen molar-refractivity contribution in [1.82, 2.24) is 29.6 Å². The maximum Gasteiger partial charge on any atom is 0.323 e. The van der Waals surface area contributed by atoms with Crippen molar-refractivity contribution in [3.05, 3.63) is 135 Å². The molecule has 0 radical (unpaired) electrons. The molecule has 12 nitrogen and oxygen atoms in total. The van der Waals surface area contributed by atoms with E-state index in [1.165, 1.54) is 6.20 Å². The van der Waals surface area contributed by atoms with E-state index in [0.717, 1.165) is 22.2 Å². The van der Waals surface area contributed by atoms with Crippen LogP contribution in [-0.2, 0) is 34.2 Å². The van der Waals surface area contributed by atoms with Crippen LogP contribution in [0.15, 0.2) is 94.9 Å². The molecule has 0 aliphatic carbocycles. The Bertz CT molecular complexity index is 2360. The smallest absolute Gasteiger partial charge is 0.323 e. The number of carbonyl (C=O) groups is 2. The average Bonchev–Trinajstić information content (AvgIpc) is 3.48.